The molecule has 96 valence electrons. The number of ether oxygens (including phenoxy) is 2. The Hall–Kier alpha value is -0.870. The third-order valence-corrected chi connectivity index (χ3v) is 2.40. The highest BCUT2D eigenvalue weighted by molar-refractivity contribution is 14.1. The number of nitrogens with zero attached hydrogens (tertiary/aromatic N) is 1. The normalized spacial score (nSPS) is 11.8. The summed E-state index contributed by atoms with van der Waals surface area (Å²) in [7, 11) is 1.04. The van der Waals surface area contributed by atoms with Crippen molar-refractivity contribution in [2.45, 2.75) is 12.8 Å². The molecule has 9 heteroatoms. The van der Waals surface area contributed by atoms with E-state index in [-0.39, 0.29) is 3.70 Å². The Morgan fingerprint density at radius 2 is 1.88 bits per heavy atom. The minimum atomic E-state index is -5.08. The van der Waals surface area contributed by atoms with E-state index in [1.807, 2.05) is 0 Å². The molecule has 0 N–H and O–H groups in total. The zero-order chi connectivity index (χ0) is 13.2. The summed E-state index contributed by atoms with van der Waals surface area (Å²) >= 11 is 1.55. The maximum atomic E-state index is 12.5. The molecule has 0 saturated carbocycles. The average molecular weight is 369 g/mol. The number of hydrogen-bond acceptors (Lipinski definition) is 3. The second kappa shape index (κ2) is 5.19. The molecule has 0 radical (unpaired) electrons. The molecule has 1 aromatic heterocycles. The number of pyridine rings is 1. The highest BCUT2D eigenvalue weighted by Gasteiger charge is 2.36. The van der Waals surface area contributed by atoms with Gasteiger partial charge in [-0.15, -0.1) is 13.2 Å². The van der Waals surface area contributed by atoms with E-state index in [0.717, 1.165) is 7.11 Å². The summed E-state index contributed by atoms with van der Waals surface area (Å²) in [5, 5.41) is 0. The number of alkyl halides is 5. The molecule has 0 aliphatic rings. The quantitative estimate of drug-likeness (QED) is 0.464. The van der Waals surface area contributed by atoms with Crippen molar-refractivity contribution in [1.29, 1.82) is 0 Å². The van der Waals surface area contributed by atoms with Gasteiger partial charge in [0.15, 0.2) is 11.5 Å². The lowest BCUT2D eigenvalue weighted by atomic mass is 10.2. The zero-order valence-electron chi connectivity index (χ0n) is 8.19. The first-order valence-electron chi connectivity index (χ1n) is 4.02. The predicted octanol–water partition coefficient (Wildman–Crippen LogP) is 3.53. The summed E-state index contributed by atoms with van der Waals surface area (Å²) in [5.74, 6) is -1.53. The van der Waals surface area contributed by atoms with Crippen molar-refractivity contribution >= 4 is 22.6 Å². The molecule has 0 aromatic carbocycles. The molecule has 0 amide bonds. The first-order chi connectivity index (χ1) is 7.76. The molecular weight excluding hydrogens is 364 g/mol. The van der Waals surface area contributed by atoms with E-state index in [1.54, 1.807) is 22.6 Å². The molecule has 0 spiro atoms. The van der Waals surface area contributed by atoms with Crippen LogP contribution < -0.4 is 9.47 Å². The molecule has 0 atom stereocenters. The van der Waals surface area contributed by atoms with Crippen LogP contribution in [0.4, 0.5) is 22.0 Å². The van der Waals surface area contributed by atoms with Crippen LogP contribution in [0.2, 0.25) is 0 Å². The van der Waals surface area contributed by atoms with Crippen molar-refractivity contribution in [3.63, 3.8) is 0 Å². The number of halogens is 6. The van der Waals surface area contributed by atoms with Crippen LogP contribution >= 0.6 is 22.6 Å². The van der Waals surface area contributed by atoms with Gasteiger partial charge in [0.05, 0.1) is 12.7 Å². The lowest BCUT2D eigenvalue weighted by Crippen LogP contribution is -2.19. The van der Waals surface area contributed by atoms with Crippen molar-refractivity contribution < 1.29 is 31.4 Å². The van der Waals surface area contributed by atoms with Crippen molar-refractivity contribution in [2.75, 3.05) is 7.11 Å². The molecule has 0 bridgehead atoms. The van der Waals surface area contributed by atoms with Crippen LogP contribution in [-0.2, 0) is 0 Å². The minimum Gasteiger partial charge on any atom is -0.490 e. The standard InChI is InChI=1S/C8H5F5INO2/c1-16-5-4(17-8(11,12)13)3(6(9)10)2-15-7(5)14/h2,6H,1H3. The summed E-state index contributed by atoms with van der Waals surface area (Å²) in [5.41, 5.74) is -0.973. The third kappa shape index (κ3) is 3.54. The van der Waals surface area contributed by atoms with E-state index in [1.165, 1.54) is 0 Å². The number of rotatable bonds is 3. The first kappa shape index (κ1) is 14.2. The van der Waals surface area contributed by atoms with Gasteiger partial charge in [-0.2, -0.15) is 0 Å². The van der Waals surface area contributed by atoms with Crippen LogP contribution in [0.3, 0.4) is 0 Å². The van der Waals surface area contributed by atoms with Gasteiger partial charge in [-0.25, -0.2) is 13.8 Å². The van der Waals surface area contributed by atoms with E-state index < -0.39 is 29.9 Å². The van der Waals surface area contributed by atoms with Gasteiger partial charge in [0.2, 0.25) is 0 Å². The van der Waals surface area contributed by atoms with Gasteiger partial charge in [0.1, 0.15) is 3.70 Å². The second-order valence-corrected chi connectivity index (χ2v) is 3.74. The topological polar surface area (TPSA) is 31.4 Å². The van der Waals surface area contributed by atoms with Crippen molar-refractivity contribution in [1.82, 2.24) is 4.98 Å². The largest absolute Gasteiger partial charge is 0.573 e. The summed E-state index contributed by atoms with van der Waals surface area (Å²) in [4.78, 5) is 3.50. The lowest BCUT2D eigenvalue weighted by molar-refractivity contribution is -0.275. The van der Waals surface area contributed by atoms with E-state index in [2.05, 4.69) is 14.5 Å². The molecule has 0 fully saturated rings. The minimum absolute atomic E-state index is 0.00579. The van der Waals surface area contributed by atoms with Crippen LogP contribution in [0, 0.1) is 3.70 Å². The van der Waals surface area contributed by atoms with Gasteiger partial charge >= 0.3 is 6.36 Å². The van der Waals surface area contributed by atoms with Gasteiger partial charge in [0, 0.05) is 6.20 Å². The van der Waals surface area contributed by atoms with Crippen LogP contribution in [0.25, 0.3) is 0 Å². The van der Waals surface area contributed by atoms with Gasteiger partial charge in [-0.1, -0.05) is 0 Å². The summed E-state index contributed by atoms with van der Waals surface area (Å²) in [6.07, 6.45) is -7.61. The molecule has 0 aliphatic carbocycles. The van der Waals surface area contributed by atoms with Crippen LogP contribution in [0.15, 0.2) is 6.20 Å². The van der Waals surface area contributed by atoms with E-state index in [4.69, 9.17) is 0 Å². The maximum absolute atomic E-state index is 12.5. The van der Waals surface area contributed by atoms with Crippen LogP contribution in [0.5, 0.6) is 11.5 Å². The second-order valence-electron chi connectivity index (χ2n) is 2.72. The SMILES string of the molecule is COc1c(I)ncc(C(F)F)c1OC(F)(F)F. The molecule has 0 unspecified atom stereocenters. The Labute approximate surface area is 106 Å². The third-order valence-electron chi connectivity index (χ3n) is 1.63. The van der Waals surface area contributed by atoms with Gasteiger partial charge in [-0.3, -0.25) is 0 Å². The maximum Gasteiger partial charge on any atom is 0.573 e. The van der Waals surface area contributed by atoms with Gasteiger partial charge < -0.3 is 9.47 Å². The molecule has 0 saturated heterocycles. The summed E-state index contributed by atoms with van der Waals surface area (Å²) in [6, 6.07) is 0. The summed E-state index contributed by atoms with van der Waals surface area (Å²) in [6.45, 7) is 0. The number of methoxy groups -OCH3 is 1. The molecule has 17 heavy (non-hydrogen) atoms. The summed E-state index contributed by atoms with van der Waals surface area (Å²) < 4.78 is 69.4. The first-order valence-corrected chi connectivity index (χ1v) is 5.10. The fraction of sp³-hybridized carbons (Fsp3) is 0.375. The Morgan fingerprint density at radius 1 is 1.29 bits per heavy atom. The highest BCUT2D eigenvalue weighted by Crippen LogP contribution is 2.41. The van der Waals surface area contributed by atoms with Gasteiger partial charge in [-0.05, 0) is 22.6 Å². The average Bonchev–Trinajstić information content (AvgIpc) is 2.15. The smallest absolute Gasteiger partial charge is 0.490 e. The lowest BCUT2D eigenvalue weighted by Gasteiger charge is -2.16. The Morgan fingerprint density at radius 3 is 2.29 bits per heavy atom. The highest BCUT2D eigenvalue weighted by atomic mass is 127. The Bertz CT molecular complexity index is 410. The van der Waals surface area contributed by atoms with Crippen molar-refractivity contribution in [3.8, 4) is 11.5 Å². The molecule has 3 nitrogen and oxygen atoms in total. The van der Waals surface area contributed by atoms with E-state index in [0.29, 0.717) is 6.20 Å². The predicted molar refractivity (Wildman–Crippen MR) is 55.1 cm³/mol. The van der Waals surface area contributed by atoms with Gasteiger partial charge in [0.25, 0.3) is 6.43 Å². The Balaban J connectivity index is 3.34. The monoisotopic (exact) mass is 369 g/mol. The fourth-order valence-corrected chi connectivity index (χ4v) is 1.63. The zero-order valence-corrected chi connectivity index (χ0v) is 10.3. The van der Waals surface area contributed by atoms with E-state index in [9.17, 15) is 22.0 Å². The molecular formula is C8H5F5INO2. The van der Waals surface area contributed by atoms with Crippen molar-refractivity contribution in [3.05, 3.63) is 15.5 Å². The van der Waals surface area contributed by atoms with Crippen LogP contribution in [-0.4, -0.2) is 18.5 Å². The number of hydrogen-bond donors (Lipinski definition) is 0. The molecule has 0 aliphatic heterocycles. The van der Waals surface area contributed by atoms with Crippen LogP contribution in [0.1, 0.15) is 12.0 Å². The van der Waals surface area contributed by atoms with E-state index >= 15 is 0 Å². The molecule has 1 rings (SSSR count). The molecule has 1 heterocycles. The molecule has 1 aromatic rings. The number of aromatic nitrogens is 1. The fourth-order valence-electron chi connectivity index (χ4n) is 1.02. The van der Waals surface area contributed by atoms with Crippen molar-refractivity contribution in [2.24, 2.45) is 0 Å². The Kier molecular flexibility index (Phi) is 4.33.